The van der Waals surface area contributed by atoms with Crippen molar-refractivity contribution in [1.82, 2.24) is 4.98 Å². The van der Waals surface area contributed by atoms with E-state index in [0.717, 1.165) is 15.5 Å². The van der Waals surface area contributed by atoms with Gasteiger partial charge < -0.3 is 0 Å². The van der Waals surface area contributed by atoms with Gasteiger partial charge in [0.15, 0.2) is 0 Å². The minimum Gasteiger partial charge on any atom is -0.241 e. The standard InChI is InChI=1S/C9H5BrFN/c10-9-4-1-6-5-7(11)2-3-8(6)12-9/h1-5H. The highest BCUT2D eigenvalue weighted by molar-refractivity contribution is 9.10. The van der Waals surface area contributed by atoms with Crippen molar-refractivity contribution < 1.29 is 4.39 Å². The van der Waals surface area contributed by atoms with Crippen LogP contribution in [-0.2, 0) is 0 Å². The Morgan fingerprint density at radius 2 is 2.00 bits per heavy atom. The average Bonchev–Trinajstić information content (AvgIpc) is 2.05. The zero-order valence-electron chi connectivity index (χ0n) is 6.09. The second-order valence-corrected chi connectivity index (χ2v) is 3.28. The molecule has 0 fully saturated rings. The molecule has 2 aromatic rings. The number of nitrogens with zero attached hydrogens (tertiary/aromatic N) is 1. The number of hydrogen-bond donors (Lipinski definition) is 0. The van der Waals surface area contributed by atoms with Crippen LogP contribution in [0.4, 0.5) is 4.39 Å². The minimum absolute atomic E-state index is 0.230. The van der Waals surface area contributed by atoms with Gasteiger partial charge in [0.2, 0.25) is 0 Å². The summed E-state index contributed by atoms with van der Waals surface area (Å²) in [6.07, 6.45) is 0. The van der Waals surface area contributed by atoms with E-state index in [-0.39, 0.29) is 5.82 Å². The van der Waals surface area contributed by atoms with Crippen molar-refractivity contribution in [2.75, 3.05) is 0 Å². The highest BCUT2D eigenvalue weighted by atomic mass is 79.9. The van der Waals surface area contributed by atoms with Gasteiger partial charge in [0.25, 0.3) is 0 Å². The molecular weight excluding hydrogens is 221 g/mol. The van der Waals surface area contributed by atoms with E-state index in [4.69, 9.17) is 0 Å². The van der Waals surface area contributed by atoms with E-state index in [1.807, 2.05) is 6.07 Å². The lowest BCUT2D eigenvalue weighted by Crippen LogP contribution is -1.80. The summed E-state index contributed by atoms with van der Waals surface area (Å²) in [5.41, 5.74) is 0.797. The van der Waals surface area contributed by atoms with Gasteiger partial charge >= 0.3 is 0 Å². The van der Waals surface area contributed by atoms with E-state index in [9.17, 15) is 4.39 Å². The topological polar surface area (TPSA) is 12.9 Å². The number of pyridine rings is 1. The summed E-state index contributed by atoms with van der Waals surface area (Å²) in [7, 11) is 0. The summed E-state index contributed by atoms with van der Waals surface area (Å²) in [5, 5.41) is 0.818. The van der Waals surface area contributed by atoms with Crippen molar-refractivity contribution in [2.45, 2.75) is 0 Å². The van der Waals surface area contributed by atoms with Gasteiger partial charge in [-0.05, 0) is 40.2 Å². The summed E-state index contributed by atoms with van der Waals surface area (Å²) >= 11 is 3.25. The van der Waals surface area contributed by atoms with Crippen LogP contribution in [-0.4, -0.2) is 4.98 Å². The number of aromatic nitrogens is 1. The molecule has 0 bridgehead atoms. The van der Waals surface area contributed by atoms with Crippen LogP contribution >= 0.6 is 15.9 Å². The number of benzene rings is 1. The number of rotatable bonds is 0. The van der Waals surface area contributed by atoms with E-state index < -0.39 is 0 Å². The van der Waals surface area contributed by atoms with Crippen molar-refractivity contribution in [3.63, 3.8) is 0 Å². The average molecular weight is 226 g/mol. The molecule has 0 amide bonds. The quantitative estimate of drug-likeness (QED) is 0.629. The molecule has 0 unspecified atom stereocenters. The fourth-order valence-electron chi connectivity index (χ4n) is 1.07. The maximum Gasteiger partial charge on any atom is 0.123 e. The van der Waals surface area contributed by atoms with Crippen molar-refractivity contribution in [2.24, 2.45) is 0 Å². The summed E-state index contributed by atoms with van der Waals surface area (Å²) in [4.78, 5) is 4.17. The van der Waals surface area contributed by atoms with Gasteiger partial charge in [-0.3, -0.25) is 0 Å². The Kier molecular flexibility index (Phi) is 1.81. The van der Waals surface area contributed by atoms with Crippen LogP contribution in [0.15, 0.2) is 34.9 Å². The van der Waals surface area contributed by atoms with Crippen molar-refractivity contribution in [3.8, 4) is 0 Å². The lowest BCUT2D eigenvalue weighted by Gasteiger charge is -1.96. The highest BCUT2D eigenvalue weighted by Gasteiger charge is 1.96. The fraction of sp³-hybridized carbons (Fsp3) is 0. The molecule has 0 spiro atoms. The van der Waals surface area contributed by atoms with Crippen LogP contribution in [0.1, 0.15) is 0 Å². The first-order valence-corrected chi connectivity index (χ1v) is 4.27. The van der Waals surface area contributed by atoms with Gasteiger partial charge in [-0.15, -0.1) is 0 Å². The third-order valence-electron chi connectivity index (χ3n) is 1.62. The Hall–Kier alpha value is -0.960. The second kappa shape index (κ2) is 2.83. The molecule has 0 N–H and O–H groups in total. The molecule has 0 radical (unpaired) electrons. The first-order valence-electron chi connectivity index (χ1n) is 3.47. The Morgan fingerprint density at radius 3 is 2.83 bits per heavy atom. The lowest BCUT2D eigenvalue weighted by atomic mass is 10.2. The SMILES string of the molecule is Fc1ccc2nc(Br)ccc2c1. The first kappa shape index (κ1) is 7.68. The molecule has 0 aliphatic rings. The zero-order valence-corrected chi connectivity index (χ0v) is 7.68. The van der Waals surface area contributed by atoms with Crippen LogP contribution in [0.2, 0.25) is 0 Å². The molecule has 0 atom stereocenters. The van der Waals surface area contributed by atoms with Crippen LogP contribution in [0, 0.1) is 5.82 Å². The van der Waals surface area contributed by atoms with Crippen LogP contribution in [0.5, 0.6) is 0 Å². The third-order valence-corrected chi connectivity index (χ3v) is 2.06. The van der Waals surface area contributed by atoms with Gasteiger partial charge in [-0.1, -0.05) is 6.07 Å². The number of halogens is 2. The van der Waals surface area contributed by atoms with E-state index in [0.29, 0.717) is 0 Å². The molecule has 1 heterocycles. The monoisotopic (exact) mass is 225 g/mol. The van der Waals surface area contributed by atoms with Gasteiger partial charge in [-0.2, -0.15) is 0 Å². The molecule has 0 aliphatic heterocycles. The maximum atomic E-state index is 12.7. The molecule has 1 nitrogen and oxygen atoms in total. The van der Waals surface area contributed by atoms with Crippen LogP contribution < -0.4 is 0 Å². The van der Waals surface area contributed by atoms with Gasteiger partial charge in [-0.25, -0.2) is 9.37 Å². The largest absolute Gasteiger partial charge is 0.241 e. The Morgan fingerprint density at radius 1 is 1.17 bits per heavy atom. The molecule has 0 saturated carbocycles. The molecule has 0 saturated heterocycles. The Bertz CT molecular complexity index is 387. The van der Waals surface area contributed by atoms with Crippen molar-refractivity contribution >= 4 is 26.8 Å². The lowest BCUT2D eigenvalue weighted by molar-refractivity contribution is 0.629. The van der Waals surface area contributed by atoms with Crippen molar-refractivity contribution in [3.05, 3.63) is 40.8 Å². The van der Waals surface area contributed by atoms with Crippen LogP contribution in [0.3, 0.4) is 0 Å². The summed E-state index contributed by atoms with van der Waals surface area (Å²) in [6, 6.07) is 8.16. The van der Waals surface area contributed by atoms with E-state index in [1.165, 1.54) is 12.1 Å². The summed E-state index contributed by atoms with van der Waals surface area (Å²) < 4.78 is 13.5. The summed E-state index contributed by atoms with van der Waals surface area (Å²) in [5.74, 6) is -0.230. The molecule has 2 rings (SSSR count). The van der Waals surface area contributed by atoms with E-state index in [2.05, 4.69) is 20.9 Å². The smallest absolute Gasteiger partial charge is 0.123 e. The predicted molar refractivity (Wildman–Crippen MR) is 49.4 cm³/mol. The molecule has 0 aliphatic carbocycles. The predicted octanol–water partition coefficient (Wildman–Crippen LogP) is 3.14. The van der Waals surface area contributed by atoms with Gasteiger partial charge in [0.1, 0.15) is 10.4 Å². The minimum atomic E-state index is -0.230. The molecule has 1 aromatic heterocycles. The van der Waals surface area contributed by atoms with E-state index >= 15 is 0 Å². The first-order chi connectivity index (χ1) is 5.75. The Labute approximate surface area is 77.4 Å². The second-order valence-electron chi connectivity index (χ2n) is 2.47. The maximum absolute atomic E-state index is 12.7. The normalized spacial score (nSPS) is 10.5. The van der Waals surface area contributed by atoms with Crippen molar-refractivity contribution in [1.29, 1.82) is 0 Å². The molecule has 12 heavy (non-hydrogen) atoms. The van der Waals surface area contributed by atoms with Gasteiger partial charge in [0.05, 0.1) is 5.52 Å². The Balaban J connectivity index is 2.79. The van der Waals surface area contributed by atoms with Crippen LogP contribution in [0.25, 0.3) is 10.9 Å². The highest BCUT2D eigenvalue weighted by Crippen LogP contribution is 2.16. The molecular formula is C9H5BrFN. The van der Waals surface area contributed by atoms with E-state index in [1.54, 1.807) is 12.1 Å². The van der Waals surface area contributed by atoms with Gasteiger partial charge in [0, 0.05) is 5.39 Å². The molecule has 3 heteroatoms. The molecule has 1 aromatic carbocycles. The number of hydrogen-bond acceptors (Lipinski definition) is 1. The fourth-order valence-corrected chi connectivity index (χ4v) is 1.39. The summed E-state index contributed by atoms with van der Waals surface area (Å²) in [6.45, 7) is 0. The molecule has 60 valence electrons. The third kappa shape index (κ3) is 1.32. The number of fused-ring (bicyclic) bond motifs is 1. The zero-order chi connectivity index (χ0) is 8.55.